The molecule has 0 bridgehead atoms. The number of aromatic nitrogens is 2. The first-order valence-electron chi connectivity index (χ1n) is 8.56. The number of nitrogens with zero attached hydrogens (tertiary/aromatic N) is 1. The summed E-state index contributed by atoms with van der Waals surface area (Å²) in [4.78, 5) is 12.5. The highest BCUT2D eigenvalue weighted by molar-refractivity contribution is 6.05. The zero-order valence-corrected chi connectivity index (χ0v) is 16.0. The van der Waals surface area contributed by atoms with Crippen LogP contribution in [0, 0.1) is 11.4 Å². The van der Waals surface area contributed by atoms with Gasteiger partial charge in [-0.15, -0.1) is 4.39 Å². The van der Waals surface area contributed by atoms with Crippen molar-refractivity contribution in [2.75, 3.05) is 5.32 Å². The first-order chi connectivity index (χ1) is 12.3. The Balaban J connectivity index is 2.38. The van der Waals surface area contributed by atoms with Crippen LogP contribution < -0.4 is 10.00 Å². The van der Waals surface area contributed by atoms with Gasteiger partial charge in [0.05, 0.1) is 0 Å². The number of carbonyl (C=O) groups is 1. The molecular formula is C19H24F4N3O+. The van der Waals surface area contributed by atoms with Crippen molar-refractivity contribution in [3.63, 3.8) is 0 Å². The lowest BCUT2D eigenvalue weighted by Gasteiger charge is -2.25. The molecule has 2 N–H and O–H groups in total. The van der Waals surface area contributed by atoms with Gasteiger partial charge in [-0.2, -0.15) is 18.3 Å². The molecule has 0 aliphatic heterocycles. The van der Waals surface area contributed by atoms with Crippen LogP contribution in [0.5, 0.6) is 0 Å². The van der Waals surface area contributed by atoms with Crippen LogP contribution in [0.15, 0.2) is 24.3 Å². The van der Waals surface area contributed by atoms with Gasteiger partial charge >= 0.3 is 12.1 Å². The molecule has 0 radical (unpaired) electrons. The molecule has 1 aromatic heterocycles. The number of alkyl halides is 3. The Morgan fingerprint density at radius 1 is 1.22 bits per heavy atom. The van der Waals surface area contributed by atoms with E-state index < -0.39 is 29.3 Å². The van der Waals surface area contributed by atoms with Gasteiger partial charge in [0.2, 0.25) is 0 Å². The maximum atomic E-state index is 14.2. The Labute approximate surface area is 155 Å². The summed E-state index contributed by atoms with van der Waals surface area (Å²) in [7, 11) is 1.07. The van der Waals surface area contributed by atoms with Crippen LogP contribution in [0.2, 0.25) is 0 Å². The van der Waals surface area contributed by atoms with E-state index in [-0.39, 0.29) is 11.3 Å². The van der Waals surface area contributed by atoms with Crippen molar-refractivity contribution in [3.8, 4) is 0 Å². The second-order valence-corrected chi connectivity index (χ2v) is 7.92. The van der Waals surface area contributed by atoms with Crippen LogP contribution in [-0.2, 0) is 13.2 Å². The zero-order chi connectivity index (χ0) is 20.6. The lowest BCUT2D eigenvalue weighted by Crippen LogP contribution is -2.34. The number of anilines is 1. The molecule has 0 aliphatic carbocycles. The minimum Gasteiger partial charge on any atom is -0.321 e. The third kappa shape index (κ3) is 4.87. The highest BCUT2D eigenvalue weighted by atomic mass is 19.4. The number of aromatic amines is 1. The van der Waals surface area contributed by atoms with E-state index >= 15 is 0 Å². The third-order valence-electron chi connectivity index (χ3n) is 4.20. The molecule has 1 amide bonds. The lowest BCUT2D eigenvalue weighted by atomic mass is 9.82. The number of para-hydroxylation sites is 1. The zero-order valence-electron chi connectivity index (χ0n) is 16.0. The fourth-order valence-electron chi connectivity index (χ4n) is 3.21. The molecule has 1 aromatic carbocycles. The number of benzene rings is 1. The summed E-state index contributed by atoms with van der Waals surface area (Å²) in [6.45, 7) is 8.22. The number of halogens is 4. The topological polar surface area (TPSA) is 48.8 Å². The van der Waals surface area contributed by atoms with E-state index in [1.165, 1.54) is 0 Å². The van der Waals surface area contributed by atoms with Gasteiger partial charge < -0.3 is 5.32 Å². The van der Waals surface area contributed by atoms with Gasteiger partial charge in [-0.05, 0) is 29.4 Å². The fraction of sp³-hybridized carbons (Fsp3) is 0.474. The Morgan fingerprint density at radius 2 is 1.81 bits per heavy atom. The molecule has 0 aliphatic rings. The van der Waals surface area contributed by atoms with E-state index in [4.69, 9.17) is 0 Å². The average molecular weight is 386 g/mol. The van der Waals surface area contributed by atoms with Gasteiger partial charge in [0.25, 0.3) is 5.91 Å². The van der Waals surface area contributed by atoms with E-state index in [1.807, 2.05) is 18.1 Å². The Bertz CT molecular complexity index is 834. The summed E-state index contributed by atoms with van der Waals surface area (Å²) in [5.74, 6) is -2.37. The molecule has 27 heavy (non-hydrogen) atoms. The van der Waals surface area contributed by atoms with Crippen LogP contribution in [0.4, 0.5) is 23.2 Å². The first kappa shape index (κ1) is 20.9. The second-order valence-electron chi connectivity index (χ2n) is 7.92. The molecule has 148 valence electrons. The smallest absolute Gasteiger partial charge is 0.321 e. The first-order valence-corrected chi connectivity index (χ1v) is 8.56. The number of carbonyl (C=O) groups excluding carboxylic acids is 1. The SMILES string of the molecule is CC(CC(C)(C)C)c1ccccc1NC(=O)c1c(C(F)(F)F)[nH][n+](C)c1F. The van der Waals surface area contributed by atoms with Crippen molar-refractivity contribution in [1.82, 2.24) is 5.10 Å². The molecule has 4 nitrogen and oxygen atoms in total. The van der Waals surface area contributed by atoms with Crippen LogP contribution >= 0.6 is 0 Å². The Morgan fingerprint density at radius 3 is 2.37 bits per heavy atom. The number of rotatable bonds is 4. The molecule has 0 spiro atoms. The normalized spacial score (nSPS) is 13.5. The highest BCUT2D eigenvalue weighted by Gasteiger charge is 2.44. The van der Waals surface area contributed by atoms with Crippen molar-refractivity contribution in [2.45, 2.75) is 46.2 Å². The average Bonchev–Trinajstić information content (AvgIpc) is 2.82. The van der Waals surface area contributed by atoms with Gasteiger partial charge in [-0.3, -0.25) is 4.79 Å². The van der Waals surface area contributed by atoms with E-state index in [2.05, 4.69) is 26.1 Å². The van der Waals surface area contributed by atoms with Crippen molar-refractivity contribution in [3.05, 3.63) is 47.0 Å². The molecule has 1 heterocycles. The summed E-state index contributed by atoms with van der Waals surface area (Å²) in [5.41, 5.74) is -1.28. The van der Waals surface area contributed by atoms with Gasteiger partial charge in [0.1, 0.15) is 0 Å². The number of hydrogen-bond donors (Lipinski definition) is 2. The summed E-state index contributed by atoms with van der Waals surface area (Å²) >= 11 is 0. The highest BCUT2D eigenvalue weighted by Crippen LogP contribution is 2.35. The molecule has 0 saturated heterocycles. The van der Waals surface area contributed by atoms with Gasteiger partial charge in [0, 0.05) is 5.69 Å². The summed E-state index contributed by atoms with van der Waals surface area (Å²) in [5, 5.41) is 4.29. The van der Waals surface area contributed by atoms with Crippen molar-refractivity contribution in [2.24, 2.45) is 12.5 Å². The van der Waals surface area contributed by atoms with Gasteiger partial charge in [0.15, 0.2) is 18.3 Å². The summed E-state index contributed by atoms with van der Waals surface area (Å²) in [6, 6.07) is 6.87. The Hall–Kier alpha value is -2.38. The van der Waals surface area contributed by atoms with Gasteiger partial charge in [-0.1, -0.05) is 50.6 Å². The minimum absolute atomic E-state index is 0.0283. The van der Waals surface area contributed by atoms with Crippen LogP contribution in [0.1, 0.15) is 61.6 Å². The minimum atomic E-state index is -4.88. The number of hydrogen-bond acceptors (Lipinski definition) is 1. The van der Waals surface area contributed by atoms with E-state index in [0.717, 1.165) is 19.0 Å². The number of nitrogens with one attached hydrogen (secondary N) is 2. The number of aryl methyl sites for hydroxylation is 1. The van der Waals surface area contributed by atoms with E-state index in [1.54, 1.807) is 18.2 Å². The van der Waals surface area contributed by atoms with Gasteiger partial charge in [-0.25, -0.2) is 0 Å². The monoisotopic (exact) mass is 386 g/mol. The standard InChI is InChI=1S/C19H23F4N3O/c1-11(10-18(2,3)4)12-8-6-7-9-13(12)24-17(27)14-15(19(21,22)23)25-26(5)16(14)20/h6-9,11H,10H2,1-5H3,(H,24,27)/p+1. The van der Waals surface area contributed by atoms with E-state index in [9.17, 15) is 22.4 Å². The Kier molecular flexibility index (Phi) is 5.68. The summed E-state index contributed by atoms with van der Waals surface area (Å²) < 4.78 is 54.1. The maximum absolute atomic E-state index is 14.2. The number of amides is 1. The van der Waals surface area contributed by atoms with Crippen molar-refractivity contribution >= 4 is 11.6 Å². The fourth-order valence-corrected chi connectivity index (χ4v) is 3.21. The second kappa shape index (κ2) is 7.32. The molecule has 2 rings (SSSR count). The van der Waals surface area contributed by atoms with Crippen molar-refractivity contribution in [1.29, 1.82) is 0 Å². The molecule has 1 unspecified atom stereocenters. The van der Waals surface area contributed by atoms with Crippen LogP contribution in [-0.4, -0.2) is 11.0 Å². The largest absolute Gasteiger partial charge is 0.437 e. The van der Waals surface area contributed by atoms with E-state index in [0.29, 0.717) is 10.4 Å². The predicted octanol–water partition coefficient (Wildman–Crippen LogP) is 4.79. The number of H-pyrrole nitrogens is 1. The molecule has 2 aromatic rings. The molecule has 0 fully saturated rings. The van der Waals surface area contributed by atoms with Crippen molar-refractivity contribution < 1.29 is 27.0 Å². The molecular weight excluding hydrogens is 362 g/mol. The third-order valence-corrected chi connectivity index (χ3v) is 4.20. The molecule has 0 saturated carbocycles. The molecule has 8 heteroatoms. The predicted molar refractivity (Wildman–Crippen MR) is 93.8 cm³/mol. The quantitative estimate of drug-likeness (QED) is 0.576. The van der Waals surface area contributed by atoms with Crippen LogP contribution in [0.3, 0.4) is 0 Å². The summed E-state index contributed by atoms with van der Waals surface area (Å²) in [6.07, 6.45) is -4.07. The molecule has 1 atom stereocenters. The van der Waals surface area contributed by atoms with Crippen LogP contribution in [0.25, 0.3) is 0 Å². The maximum Gasteiger partial charge on any atom is 0.437 e. The lowest BCUT2D eigenvalue weighted by molar-refractivity contribution is -0.753.